The highest BCUT2D eigenvalue weighted by Gasteiger charge is 2.19. The average Bonchev–Trinajstić information content (AvgIpc) is 2.95. The monoisotopic (exact) mass is 290 g/mol. The van der Waals surface area contributed by atoms with Crippen LogP contribution in [0.2, 0.25) is 0 Å². The first kappa shape index (κ1) is 13.1. The molecule has 104 valence electrons. The molecule has 0 spiro atoms. The highest BCUT2D eigenvalue weighted by Crippen LogP contribution is 2.33. The van der Waals surface area contributed by atoms with E-state index in [1.807, 2.05) is 12.1 Å². The molecule has 0 aliphatic carbocycles. The molecule has 1 aliphatic rings. The highest BCUT2D eigenvalue weighted by atomic mass is 32.2. The Morgan fingerprint density at radius 3 is 2.85 bits per heavy atom. The largest absolute Gasteiger partial charge is 0.497 e. The van der Waals surface area contributed by atoms with Crippen LogP contribution in [0.3, 0.4) is 0 Å². The third-order valence-electron chi connectivity index (χ3n) is 3.25. The molecule has 1 aromatic carbocycles. The molecule has 2 heterocycles. The first-order chi connectivity index (χ1) is 9.72. The van der Waals surface area contributed by atoms with Crippen molar-refractivity contribution in [2.24, 2.45) is 0 Å². The van der Waals surface area contributed by atoms with Gasteiger partial charge in [0.1, 0.15) is 17.3 Å². The average molecular weight is 290 g/mol. The van der Waals surface area contributed by atoms with E-state index in [9.17, 15) is 4.79 Å². The number of hydrogen-bond acceptors (Lipinski definition) is 5. The molecule has 0 bridgehead atoms. The zero-order valence-electron chi connectivity index (χ0n) is 11.2. The van der Waals surface area contributed by atoms with Crippen molar-refractivity contribution in [3.05, 3.63) is 39.8 Å². The number of aromatic amines is 1. The second-order valence-corrected chi connectivity index (χ2v) is 5.38. The van der Waals surface area contributed by atoms with E-state index in [4.69, 9.17) is 9.47 Å². The Bertz CT molecular complexity index is 712. The van der Waals surface area contributed by atoms with Crippen molar-refractivity contribution in [3.8, 4) is 22.9 Å². The van der Waals surface area contributed by atoms with Crippen LogP contribution in [0.5, 0.6) is 11.5 Å². The number of rotatable bonds is 3. The number of hydrogen-bond donors (Lipinski definition) is 1. The van der Waals surface area contributed by atoms with Gasteiger partial charge in [-0.1, -0.05) is 0 Å². The molecule has 0 atom stereocenters. The van der Waals surface area contributed by atoms with Crippen LogP contribution in [0.4, 0.5) is 0 Å². The fourth-order valence-electron chi connectivity index (χ4n) is 2.19. The molecule has 1 aliphatic heterocycles. The maximum Gasteiger partial charge on any atom is 0.255 e. The van der Waals surface area contributed by atoms with Gasteiger partial charge in [-0.15, -0.1) is 0 Å². The number of fused-ring (bicyclic) bond motifs is 1. The Kier molecular flexibility index (Phi) is 3.40. The summed E-state index contributed by atoms with van der Waals surface area (Å²) in [7, 11) is 3.19. The number of methoxy groups -OCH3 is 2. The number of H-pyrrole nitrogens is 1. The van der Waals surface area contributed by atoms with Crippen LogP contribution >= 0.6 is 11.8 Å². The molecular weight excluding hydrogens is 276 g/mol. The van der Waals surface area contributed by atoms with Gasteiger partial charge in [0.2, 0.25) is 0 Å². The van der Waals surface area contributed by atoms with Gasteiger partial charge in [0.05, 0.1) is 25.5 Å². The molecule has 2 aromatic rings. The van der Waals surface area contributed by atoms with E-state index in [1.54, 1.807) is 32.0 Å². The molecule has 0 saturated carbocycles. The Balaban J connectivity index is 2.18. The standard InChI is InChI=1S/C14H14N2O3S/c1-18-8-3-4-12(19-2)9(5-8)13-15-11-7-20-6-10(11)14(17)16-13/h3-5H,6-7H2,1-2H3,(H,15,16,17). The molecule has 0 amide bonds. The normalized spacial score (nSPS) is 13.1. The fourth-order valence-corrected chi connectivity index (χ4v) is 3.23. The van der Waals surface area contributed by atoms with Gasteiger partial charge in [-0.2, -0.15) is 11.8 Å². The zero-order chi connectivity index (χ0) is 14.1. The molecule has 6 heteroatoms. The summed E-state index contributed by atoms with van der Waals surface area (Å²) in [4.78, 5) is 19.5. The van der Waals surface area contributed by atoms with Crippen LogP contribution in [-0.2, 0) is 11.5 Å². The SMILES string of the molecule is COc1ccc(OC)c(-c2nc3c(c(=O)[nH]2)CSC3)c1. The van der Waals surface area contributed by atoms with Gasteiger partial charge in [0.25, 0.3) is 5.56 Å². The minimum Gasteiger partial charge on any atom is -0.497 e. The number of aromatic nitrogens is 2. The van der Waals surface area contributed by atoms with Crippen molar-refractivity contribution in [2.75, 3.05) is 14.2 Å². The number of thioether (sulfide) groups is 1. The Morgan fingerprint density at radius 1 is 1.25 bits per heavy atom. The van der Waals surface area contributed by atoms with Crippen molar-refractivity contribution in [1.29, 1.82) is 0 Å². The fraction of sp³-hybridized carbons (Fsp3) is 0.286. The van der Waals surface area contributed by atoms with E-state index >= 15 is 0 Å². The van der Waals surface area contributed by atoms with Crippen molar-refractivity contribution >= 4 is 11.8 Å². The number of nitrogens with one attached hydrogen (secondary N) is 1. The van der Waals surface area contributed by atoms with Crippen molar-refractivity contribution < 1.29 is 9.47 Å². The summed E-state index contributed by atoms with van der Waals surface area (Å²) >= 11 is 1.70. The summed E-state index contributed by atoms with van der Waals surface area (Å²) in [5.41, 5.74) is 2.29. The van der Waals surface area contributed by atoms with Gasteiger partial charge in [-0.05, 0) is 18.2 Å². The zero-order valence-corrected chi connectivity index (χ0v) is 12.0. The van der Waals surface area contributed by atoms with Crippen LogP contribution in [0, 0.1) is 0 Å². The molecule has 0 fully saturated rings. The van der Waals surface area contributed by atoms with Crippen LogP contribution in [-0.4, -0.2) is 24.2 Å². The Hall–Kier alpha value is -1.95. The second kappa shape index (κ2) is 5.20. The van der Waals surface area contributed by atoms with E-state index < -0.39 is 0 Å². The maximum atomic E-state index is 12.1. The van der Waals surface area contributed by atoms with Gasteiger partial charge < -0.3 is 14.5 Å². The van der Waals surface area contributed by atoms with Crippen LogP contribution in [0.15, 0.2) is 23.0 Å². The summed E-state index contributed by atoms with van der Waals surface area (Å²) < 4.78 is 10.6. The molecule has 1 aromatic heterocycles. The first-order valence-electron chi connectivity index (χ1n) is 6.15. The smallest absolute Gasteiger partial charge is 0.255 e. The van der Waals surface area contributed by atoms with E-state index in [2.05, 4.69) is 9.97 Å². The van der Waals surface area contributed by atoms with Gasteiger partial charge in [-0.25, -0.2) is 4.98 Å². The van der Waals surface area contributed by atoms with Gasteiger partial charge in [0, 0.05) is 17.1 Å². The minimum absolute atomic E-state index is 0.0696. The van der Waals surface area contributed by atoms with Crippen LogP contribution < -0.4 is 15.0 Å². The summed E-state index contributed by atoms with van der Waals surface area (Å²) in [5.74, 6) is 3.37. The van der Waals surface area contributed by atoms with E-state index in [0.717, 1.165) is 28.3 Å². The summed E-state index contributed by atoms with van der Waals surface area (Å²) in [5, 5.41) is 0. The minimum atomic E-state index is -0.0696. The van der Waals surface area contributed by atoms with Crippen molar-refractivity contribution in [1.82, 2.24) is 9.97 Å². The third-order valence-corrected chi connectivity index (χ3v) is 4.22. The molecule has 3 rings (SSSR count). The van der Waals surface area contributed by atoms with E-state index in [0.29, 0.717) is 17.3 Å². The third kappa shape index (κ3) is 2.16. The molecular formula is C14H14N2O3S. The van der Waals surface area contributed by atoms with E-state index in [-0.39, 0.29) is 5.56 Å². The predicted molar refractivity (Wildman–Crippen MR) is 78.4 cm³/mol. The first-order valence-corrected chi connectivity index (χ1v) is 7.30. The highest BCUT2D eigenvalue weighted by molar-refractivity contribution is 7.98. The van der Waals surface area contributed by atoms with Crippen molar-refractivity contribution in [3.63, 3.8) is 0 Å². The summed E-state index contributed by atoms with van der Waals surface area (Å²) in [6, 6.07) is 5.42. The molecule has 0 radical (unpaired) electrons. The summed E-state index contributed by atoms with van der Waals surface area (Å²) in [6.07, 6.45) is 0. The lowest BCUT2D eigenvalue weighted by Gasteiger charge is -2.10. The molecule has 1 N–H and O–H groups in total. The molecule has 5 nitrogen and oxygen atoms in total. The lowest BCUT2D eigenvalue weighted by Crippen LogP contribution is -2.15. The van der Waals surface area contributed by atoms with Gasteiger partial charge in [0.15, 0.2) is 0 Å². The Labute approximate surface area is 120 Å². The molecule has 20 heavy (non-hydrogen) atoms. The van der Waals surface area contributed by atoms with Gasteiger partial charge >= 0.3 is 0 Å². The van der Waals surface area contributed by atoms with Crippen LogP contribution in [0.25, 0.3) is 11.4 Å². The molecule has 0 unspecified atom stereocenters. The Morgan fingerprint density at radius 2 is 2.10 bits per heavy atom. The number of nitrogens with zero attached hydrogens (tertiary/aromatic N) is 1. The molecule has 0 saturated heterocycles. The lowest BCUT2D eigenvalue weighted by molar-refractivity contribution is 0.404. The second-order valence-electron chi connectivity index (χ2n) is 4.40. The quantitative estimate of drug-likeness (QED) is 0.939. The van der Waals surface area contributed by atoms with Crippen molar-refractivity contribution in [2.45, 2.75) is 11.5 Å². The predicted octanol–water partition coefficient (Wildman–Crippen LogP) is 2.20. The topological polar surface area (TPSA) is 64.2 Å². The van der Waals surface area contributed by atoms with Crippen LogP contribution in [0.1, 0.15) is 11.3 Å². The lowest BCUT2D eigenvalue weighted by atomic mass is 10.1. The number of benzene rings is 1. The summed E-state index contributed by atoms with van der Waals surface area (Å²) in [6.45, 7) is 0. The van der Waals surface area contributed by atoms with Gasteiger partial charge in [-0.3, -0.25) is 4.79 Å². The van der Waals surface area contributed by atoms with E-state index in [1.165, 1.54) is 0 Å². The number of ether oxygens (including phenoxy) is 2. The maximum absolute atomic E-state index is 12.1.